The number of hydrogen-bond acceptors (Lipinski definition) is 2. The van der Waals surface area contributed by atoms with Gasteiger partial charge in [0.2, 0.25) is 0 Å². The molecule has 0 amide bonds. The molecule has 1 heterocycles. The Morgan fingerprint density at radius 3 is 1.61 bits per heavy atom. The van der Waals surface area contributed by atoms with E-state index < -0.39 is 0 Å². The predicted molar refractivity (Wildman–Crippen MR) is 202 cm³/mol. The molecule has 0 saturated heterocycles. The molecular weight excluding hydrogens is 595 g/mol. The Labute approximate surface area is 283 Å². The molecule has 226 valence electrons. The van der Waals surface area contributed by atoms with E-state index in [2.05, 4.69) is 138 Å². The zero-order valence-electron chi connectivity index (χ0n) is 26.4. The van der Waals surface area contributed by atoms with Crippen LogP contribution in [0.15, 0.2) is 164 Å². The molecule has 0 aliphatic heterocycles. The van der Waals surface area contributed by atoms with Crippen molar-refractivity contribution in [3.63, 3.8) is 0 Å². The average molecular weight is 622 g/mol. The van der Waals surface area contributed by atoms with E-state index in [9.17, 15) is 10.5 Å². The van der Waals surface area contributed by atoms with E-state index in [0.29, 0.717) is 11.1 Å². The Balaban J connectivity index is 1.23. The Bertz CT molecular complexity index is 2770. The molecule has 49 heavy (non-hydrogen) atoms. The first-order chi connectivity index (χ1) is 24.2. The molecule has 8 aromatic carbocycles. The highest BCUT2D eigenvalue weighted by atomic mass is 15.0. The second-order valence-electron chi connectivity index (χ2n) is 12.3. The molecule has 1 aromatic heterocycles. The highest BCUT2D eigenvalue weighted by molar-refractivity contribution is 6.22. The minimum absolute atomic E-state index is 0.643. The van der Waals surface area contributed by atoms with E-state index in [1.54, 1.807) is 0 Å². The van der Waals surface area contributed by atoms with Gasteiger partial charge in [-0.2, -0.15) is 10.5 Å². The topological polar surface area (TPSA) is 52.5 Å². The summed E-state index contributed by atoms with van der Waals surface area (Å²) in [5, 5.41) is 27.1. The third-order valence-electron chi connectivity index (χ3n) is 9.68. The van der Waals surface area contributed by atoms with Crippen LogP contribution in [0, 0.1) is 22.7 Å². The minimum Gasteiger partial charge on any atom is -0.309 e. The van der Waals surface area contributed by atoms with Crippen molar-refractivity contribution in [1.82, 2.24) is 4.57 Å². The predicted octanol–water partition coefficient (Wildman–Crippen LogP) is 11.8. The van der Waals surface area contributed by atoms with Gasteiger partial charge in [0.15, 0.2) is 0 Å². The lowest BCUT2D eigenvalue weighted by Gasteiger charge is -2.19. The second kappa shape index (κ2) is 11.4. The Kier molecular flexibility index (Phi) is 6.58. The van der Waals surface area contributed by atoms with Crippen LogP contribution in [0.4, 0.5) is 0 Å². The Morgan fingerprint density at radius 1 is 0.388 bits per heavy atom. The fourth-order valence-electron chi connectivity index (χ4n) is 7.57. The third kappa shape index (κ3) is 4.42. The van der Waals surface area contributed by atoms with Crippen molar-refractivity contribution in [2.45, 2.75) is 0 Å². The van der Waals surface area contributed by atoms with Crippen LogP contribution in [0.2, 0.25) is 0 Å². The molecule has 9 rings (SSSR count). The maximum atomic E-state index is 10.8. The first-order valence-corrected chi connectivity index (χ1v) is 16.3. The van der Waals surface area contributed by atoms with Crippen LogP contribution in [-0.2, 0) is 0 Å². The van der Waals surface area contributed by atoms with Crippen LogP contribution in [-0.4, -0.2) is 4.57 Å². The number of rotatable bonds is 4. The standard InChI is InChI=1S/C46H27N3/c47-28-30-21-26-44-41(27-30)35-13-8-9-20-43(35)49(44)33-24-22-31(23-25-33)34-18-10-19-40(42(34)29-48)46-38-16-6-4-14-36(38)45(32-11-2-1-3-12-32)37-15-5-7-17-39(37)46/h1-27H. The van der Waals surface area contributed by atoms with Gasteiger partial charge in [-0.05, 0) is 80.2 Å². The van der Waals surface area contributed by atoms with Gasteiger partial charge in [0.1, 0.15) is 6.07 Å². The summed E-state index contributed by atoms with van der Waals surface area (Å²) >= 11 is 0. The minimum atomic E-state index is 0.643. The van der Waals surface area contributed by atoms with Crippen LogP contribution in [0.25, 0.3) is 82.4 Å². The Hall–Kier alpha value is -6.94. The van der Waals surface area contributed by atoms with Gasteiger partial charge in [-0.15, -0.1) is 0 Å². The van der Waals surface area contributed by atoms with Gasteiger partial charge in [0.25, 0.3) is 0 Å². The second-order valence-corrected chi connectivity index (χ2v) is 12.3. The van der Waals surface area contributed by atoms with Crippen LogP contribution in [0.5, 0.6) is 0 Å². The number of hydrogen-bond donors (Lipinski definition) is 0. The van der Waals surface area contributed by atoms with E-state index in [0.717, 1.165) is 71.3 Å². The van der Waals surface area contributed by atoms with Crippen molar-refractivity contribution >= 4 is 43.4 Å². The zero-order chi connectivity index (χ0) is 32.9. The lowest BCUT2D eigenvalue weighted by molar-refractivity contribution is 1.18. The van der Waals surface area contributed by atoms with Gasteiger partial charge < -0.3 is 4.57 Å². The van der Waals surface area contributed by atoms with E-state index in [1.807, 2.05) is 42.5 Å². The average Bonchev–Trinajstić information content (AvgIpc) is 3.50. The summed E-state index contributed by atoms with van der Waals surface area (Å²) in [5.74, 6) is 0. The molecule has 0 aliphatic carbocycles. The lowest BCUT2D eigenvalue weighted by Crippen LogP contribution is -1.96. The molecule has 0 spiro atoms. The molecule has 0 unspecified atom stereocenters. The van der Waals surface area contributed by atoms with Crippen molar-refractivity contribution in [2.75, 3.05) is 0 Å². The molecule has 0 fully saturated rings. The van der Waals surface area contributed by atoms with Gasteiger partial charge in [-0.3, -0.25) is 0 Å². The third-order valence-corrected chi connectivity index (χ3v) is 9.68. The summed E-state index contributed by atoms with van der Waals surface area (Å²) in [4.78, 5) is 0. The quantitative estimate of drug-likeness (QED) is 0.184. The van der Waals surface area contributed by atoms with E-state index in [-0.39, 0.29) is 0 Å². The van der Waals surface area contributed by atoms with Gasteiger partial charge >= 0.3 is 0 Å². The van der Waals surface area contributed by atoms with Crippen molar-refractivity contribution < 1.29 is 0 Å². The first kappa shape index (κ1) is 28.3. The summed E-state index contributed by atoms with van der Waals surface area (Å²) in [6, 6.07) is 61.3. The molecular formula is C46H27N3. The first-order valence-electron chi connectivity index (χ1n) is 16.3. The SMILES string of the molecule is N#Cc1ccc2c(c1)c1ccccc1n2-c1ccc(-c2cccc(-c3c4ccccc4c(-c4ccccc4)c4ccccc34)c2C#N)cc1. The van der Waals surface area contributed by atoms with Crippen LogP contribution in [0.3, 0.4) is 0 Å². The number of aromatic nitrogens is 1. The highest BCUT2D eigenvalue weighted by Gasteiger charge is 2.20. The van der Waals surface area contributed by atoms with E-state index in [1.165, 1.54) is 11.1 Å². The number of nitrogens with zero attached hydrogens (tertiary/aromatic N) is 3. The van der Waals surface area contributed by atoms with Crippen molar-refractivity contribution in [3.05, 3.63) is 175 Å². The fraction of sp³-hybridized carbons (Fsp3) is 0. The monoisotopic (exact) mass is 621 g/mol. The number of nitriles is 2. The zero-order valence-corrected chi connectivity index (χ0v) is 26.4. The number of benzene rings is 8. The summed E-state index contributed by atoms with van der Waals surface area (Å²) in [6.07, 6.45) is 0. The van der Waals surface area contributed by atoms with Gasteiger partial charge in [-0.25, -0.2) is 0 Å². The molecule has 0 N–H and O–H groups in total. The molecule has 3 heteroatoms. The largest absolute Gasteiger partial charge is 0.309 e. The van der Waals surface area contributed by atoms with Crippen LogP contribution < -0.4 is 0 Å². The molecule has 0 aliphatic rings. The summed E-state index contributed by atoms with van der Waals surface area (Å²) in [5.41, 5.74) is 10.7. The molecule has 3 nitrogen and oxygen atoms in total. The van der Waals surface area contributed by atoms with Crippen LogP contribution in [0.1, 0.15) is 11.1 Å². The molecule has 0 radical (unpaired) electrons. The van der Waals surface area contributed by atoms with Gasteiger partial charge in [0, 0.05) is 27.6 Å². The summed E-state index contributed by atoms with van der Waals surface area (Å²) < 4.78 is 2.24. The maximum Gasteiger partial charge on any atom is 0.100 e. The van der Waals surface area contributed by atoms with Crippen LogP contribution >= 0.6 is 0 Å². The molecule has 0 atom stereocenters. The molecule has 9 aromatic rings. The Morgan fingerprint density at radius 2 is 0.959 bits per heavy atom. The van der Waals surface area contributed by atoms with Gasteiger partial charge in [-0.1, -0.05) is 127 Å². The molecule has 0 bridgehead atoms. The van der Waals surface area contributed by atoms with Crippen molar-refractivity contribution in [2.24, 2.45) is 0 Å². The van der Waals surface area contributed by atoms with E-state index >= 15 is 0 Å². The van der Waals surface area contributed by atoms with E-state index in [4.69, 9.17) is 0 Å². The lowest BCUT2D eigenvalue weighted by atomic mass is 9.83. The fourth-order valence-corrected chi connectivity index (χ4v) is 7.57. The summed E-state index contributed by atoms with van der Waals surface area (Å²) in [7, 11) is 0. The molecule has 0 saturated carbocycles. The summed E-state index contributed by atoms with van der Waals surface area (Å²) in [6.45, 7) is 0. The maximum absolute atomic E-state index is 10.8. The highest BCUT2D eigenvalue weighted by Crippen LogP contribution is 2.45. The van der Waals surface area contributed by atoms with Crippen molar-refractivity contribution in [3.8, 4) is 51.2 Å². The normalized spacial score (nSPS) is 11.2. The number of fused-ring (bicyclic) bond motifs is 5. The number of para-hydroxylation sites is 1. The smallest absolute Gasteiger partial charge is 0.100 e. The van der Waals surface area contributed by atoms with Crippen molar-refractivity contribution in [1.29, 1.82) is 10.5 Å². The van der Waals surface area contributed by atoms with Gasteiger partial charge in [0.05, 0.1) is 28.2 Å².